The van der Waals surface area contributed by atoms with Crippen LogP contribution in [0.25, 0.3) is 0 Å². The summed E-state index contributed by atoms with van der Waals surface area (Å²) in [6, 6.07) is 0. The second kappa shape index (κ2) is 7.64. The molecule has 0 radical (unpaired) electrons. The van der Waals surface area contributed by atoms with E-state index in [-0.39, 0.29) is 11.2 Å². The van der Waals surface area contributed by atoms with Crippen LogP contribution in [0.3, 0.4) is 0 Å². The third-order valence-corrected chi connectivity index (χ3v) is 4.03. The highest BCUT2D eigenvalue weighted by Gasteiger charge is 2.27. The molecule has 112 valence electrons. The van der Waals surface area contributed by atoms with E-state index >= 15 is 0 Å². The van der Waals surface area contributed by atoms with Gasteiger partial charge in [-0.2, -0.15) is 0 Å². The molecule has 0 spiro atoms. The summed E-state index contributed by atoms with van der Waals surface area (Å²) in [5, 5.41) is 10.5. The van der Waals surface area contributed by atoms with Crippen molar-refractivity contribution >= 4 is 17.7 Å². The first kappa shape index (κ1) is 15.3. The number of rotatable bonds is 9. The van der Waals surface area contributed by atoms with Crippen molar-refractivity contribution < 1.29 is 9.53 Å². The summed E-state index contributed by atoms with van der Waals surface area (Å²) in [5.41, 5.74) is 0. The van der Waals surface area contributed by atoms with Crippen LogP contribution < -0.4 is 5.32 Å². The largest absolute Gasteiger partial charge is 0.382 e. The molecule has 7 heteroatoms. The zero-order valence-corrected chi connectivity index (χ0v) is 12.8. The number of amides is 1. The second-order valence-electron chi connectivity index (χ2n) is 4.88. The Bertz CT molecular complexity index is 434. The molecule has 0 saturated heterocycles. The Morgan fingerprint density at radius 2 is 2.40 bits per heavy atom. The molecule has 1 aromatic rings. The van der Waals surface area contributed by atoms with Crippen LogP contribution in [0.1, 0.15) is 44.9 Å². The van der Waals surface area contributed by atoms with E-state index in [9.17, 15) is 4.79 Å². The molecule has 1 saturated carbocycles. The fraction of sp³-hybridized carbons (Fsp3) is 0.769. The number of aromatic amines is 1. The highest BCUT2D eigenvalue weighted by molar-refractivity contribution is 8.00. The molecule has 1 atom stereocenters. The molecule has 0 aromatic carbocycles. The summed E-state index contributed by atoms with van der Waals surface area (Å²) in [5.74, 6) is 1.53. The predicted octanol–water partition coefficient (Wildman–Crippen LogP) is 1.71. The quantitative estimate of drug-likeness (QED) is 0.536. The molecule has 1 aliphatic rings. The van der Waals surface area contributed by atoms with Gasteiger partial charge in [0, 0.05) is 25.7 Å². The van der Waals surface area contributed by atoms with Crippen LogP contribution in [-0.4, -0.2) is 46.1 Å². The van der Waals surface area contributed by atoms with Crippen LogP contribution >= 0.6 is 11.8 Å². The van der Waals surface area contributed by atoms with E-state index in [1.54, 1.807) is 0 Å². The van der Waals surface area contributed by atoms with Gasteiger partial charge in [-0.3, -0.25) is 9.89 Å². The van der Waals surface area contributed by atoms with E-state index in [0.717, 1.165) is 12.2 Å². The van der Waals surface area contributed by atoms with E-state index < -0.39 is 0 Å². The van der Waals surface area contributed by atoms with Crippen molar-refractivity contribution in [2.45, 2.75) is 49.4 Å². The lowest BCUT2D eigenvalue weighted by molar-refractivity contribution is -0.120. The lowest BCUT2D eigenvalue weighted by Crippen LogP contribution is -2.32. The minimum absolute atomic E-state index is 0.0178. The number of thioether (sulfide) groups is 1. The predicted molar refractivity (Wildman–Crippen MR) is 77.8 cm³/mol. The van der Waals surface area contributed by atoms with Gasteiger partial charge < -0.3 is 10.1 Å². The van der Waals surface area contributed by atoms with Crippen LogP contribution in [0.5, 0.6) is 0 Å². The van der Waals surface area contributed by atoms with Gasteiger partial charge in [-0.1, -0.05) is 11.8 Å². The van der Waals surface area contributed by atoms with E-state index in [2.05, 4.69) is 20.5 Å². The highest BCUT2D eigenvalue weighted by atomic mass is 32.2. The molecule has 1 aliphatic carbocycles. The van der Waals surface area contributed by atoms with Gasteiger partial charge in [0.05, 0.1) is 5.25 Å². The number of nitrogens with zero attached hydrogens (tertiary/aromatic N) is 2. The van der Waals surface area contributed by atoms with Gasteiger partial charge in [-0.05, 0) is 33.1 Å². The van der Waals surface area contributed by atoms with Gasteiger partial charge in [0.1, 0.15) is 5.82 Å². The standard InChI is InChI=1S/C13H22N4O2S/c1-3-19-8-4-7-14-12(18)9(2)20-13-15-11(16-17-13)10-5-6-10/h9-10H,3-8H2,1-2H3,(H,14,18)(H,15,16,17). The fourth-order valence-corrected chi connectivity index (χ4v) is 2.49. The maximum atomic E-state index is 11.9. The Morgan fingerprint density at radius 1 is 1.60 bits per heavy atom. The summed E-state index contributed by atoms with van der Waals surface area (Å²) >= 11 is 1.39. The van der Waals surface area contributed by atoms with Gasteiger partial charge in [0.25, 0.3) is 0 Å². The second-order valence-corrected chi connectivity index (χ2v) is 6.19. The van der Waals surface area contributed by atoms with Gasteiger partial charge in [-0.25, -0.2) is 4.98 Å². The van der Waals surface area contributed by atoms with E-state index in [4.69, 9.17) is 4.74 Å². The van der Waals surface area contributed by atoms with Crippen molar-refractivity contribution in [3.63, 3.8) is 0 Å². The monoisotopic (exact) mass is 298 g/mol. The van der Waals surface area contributed by atoms with E-state index in [0.29, 0.717) is 30.8 Å². The molecule has 2 N–H and O–H groups in total. The molecule has 1 amide bonds. The van der Waals surface area contributed by atoms with Crippen molar-refractivity contribution in [2.75, 3.05) is 19.8 Å². The number of H-pyrrole nitrogens is 1. The first-order valence-electron chi connectivity index (χ1n) is 7.15. The van der Waals surface area contributed by atoms with Gasteiger partial charge in [0.15, 0.2) is 0 Å². The van der Waals surface area contributed by atoms with E-state index in [1.165, 1.54) is 24.6 Å². The molecule has 1 aromatic heterocycles. The summed E-state index contributed by atoms with van der Waals surface area (Å²) in [6.07, 6.45) is 3.22. The molecule has 6 nitrogen and oxygen atoms in total. The normalized spacial score (nSPS) is 16.1. The molecular weight excluding hydrogens is 276 g/mol. The van der Waals surface area contributed by atoms with Crippen molar-refractivity contribution in [1.82, 2.24) is 20.5 Å². The lowest BCUT2D eigenvalue weighted by atomic mass is 10.4. The number of aromatic nitrogens is 3. The van der Waals surface area contributed by atoms with Crippen LogP contribution in [-0.2, 0) is 9.53 Å². The first-order valence-corrected chi connectivity index (χ1v) is 8.03. The number of carbonyl (C=O) groups is 1. The summed E-state index contributed by atoms with van der Waals surface area (Å²) in [6.45, 7) is 5.88. The smallest absolute Gasteiger partial charge is 0.233 e. The van der Waals surface area contributed by atoms with Gasteiger partial charge in [-0.15, -0.1) is 5.10 Å². The third-order valence-electron chi connectivity index (χ3n) is 3.07. The fourth-order valence-electron chi connectivity index (χ4n) is 1.74. The summed E-state index contributed by atoms with van der Waals surface area (Å²) in [4.78, 5) is 16.3. The topological polar surface area (TPSA) is 79.9 Å². The Balaban J connectivity index is 1.67. The van der Waals surface area contributed by atoms with Gasteiger partial charge in [0.2, 0.25) is 11.1 Å². The number of hydrogen-bond acceptors (Lipinski definition) is 5. The molecule has 1 unspecified atom stereocenters. The van der Waals surface area contributed by atoms with E-state index in [1.807, 2.05) is 13.8 Å². The molecule has 0 bridgehead atoms. The van der Waals surface area contributed by atoms with Crippen molar-refractivity contribution in [3.05, 3.63) is 5.82 Å². The highest BCUT2D eigenvalue weighted by Crippen LogP contribution is 2.38. The Hall–Kier alpha value is -1.08. The minimum atomic E-state index is -0.190. The molecule has 2 rings (SSSR count). The van der Waals surface area contributed by atoms with Crippen molar-refractivity contribution in [2.24, 2.45) is 0 Å². The molecule has 1 heterocycles. The molecule has 0 aliphatic heterocycles. The van der Waals surface area contributed by atoms with Crippen LogP contribution in [0.2, 0.25) is 0 Å². The van der Waals surface area contributed by atoms with Gasteiger partial charge >= 0.3 is 0 Å². The molecular formula is C13H22N4O2S. The first-order chi connectivity index (χ1) is 9.70. The lowest BCUT2D eigenvalue weighted by Gasteiger charge is -2.09. The number of nitrogens with one attached hydrogen (secondary N) is 2. The maximum absolute atomic E-state index is 11.9. The Kier molecular flexibility index (Phi) is 5.85. The number of carbonyl (C=O) groups excluding carboxylic acids is 1. The van der Waals surface area contributed by atoms with Crippen LogP contribution in [0.15, 0.2) is 5.16 Å². The SMILES string of the molecule is CCOCCCNC(=O)C(C)Sc1n[nH]c(C2CC2)n1. The van der Waals surface area contributed by atoms with Crippen molar-refractivity contribution in [1.29, 1.82) is 0 Å². The summed E-state index contributed by atoms with van der Waals surface area (Å²) < 4.78 is 5.22. The zero-order chi connectivity index (χ0) is 14.4. The Morgan fingerprint density at radius 3 is 3.10 bits per heavy atom. The average molecular weight is 298 g/mol. The van der Waals surface area contributed by atoms with Crippen LogP contribution in [0.4, 0.5) is 0 Å². The van der Waals surface area contributed by atoms with Crippen LogP contribution in [0, 0.1) is 0 Å². The third kappa shape index (κ3) is 4.79. The molecule has 1 fully saturated rings. The van der Waals surface area contributed by atoms with Crippen molar-refractivity contribution in [3.8, 4) is 0 Å². The summed E-state index contributed by atoms with van der Waals surface area (Å²) in [7, 11) is 0. The number of hydrogen-bond donors (Lipinski definition) is 2. The Labute approximate surface area is 123 Å². The minimum Gasteiger partial charge on any atom is -0.382 e. The number of ether oxygens (including phenoxy) is 1. The molecule has 20 heavy (non-hydrogen) atoms. The average Bonchev–Trinajstić information content (AvgIpc) is 3.19. The maximum Gasteiger partial charge on any atom is 0.233 e. The zero-order valence-electron chi connectivity index (χ0n) is 12.0.